The molecule has 0 saturated carbocycles. The van der Waals surface area contributed by atoms with Gasteiger partial charge in [0.25, 0.3) is 0 Å². The van der Waals surface area contributed by atoms with Crippen LogP contribution in [0.2, 0.25) is 0 Å². The van der Waals surface area contributed by atoms with Gasteiger partial charge in [-0.2, -0.15) is 4.31 Å². The molecular weight excluding hydrogens is 436 g/mol. The lowest BCUT2D eigenvalue weighted by Crippen LogP contribution is -2.40. The van der Waals surface area contributed by atoms with Crippen molar-refractivity contribution in [2.24, 2.45) is 0 Å². The molecule has 0 bridgehead atoms. The van der Waals surface area contributed by atoms with Crippen molar-refractivity contribution in [3.05, 3.63) is 60.2 Å². The number of carbonyl (C=O) groups is 1. The third-order valence-electron chi connectivity index (χ3n) is 4.81. The Hall–Kier alpha value is -2.07. The first-order valence-corrected chi connectivity index (χ1v) is 12.7. The summed E-state index contributed by atoms with van der Waals surface area (Å²) < 4.78 is 37.5. The van der Waals surface area contributed by atoms with E-state index in [1.54, 1.807) is 36.0 Å². The average Bonchev–Trinajstić information content (AvgIpc) is 2.81. The Kier molecular flexibility index (Phi) is 8.77. The van der Waals surface area contributed by atoms with Gasteiger partial charge in [-0.1, -0.05) is 30.3 Å². The molecule has 7 nitrogen and oxygen atoms in total. The van der Waals surface area contributed by atoms with E-state index in [-0.39, 0.29) is 16.1 Å². The van der Waals surface area contributed by atoms with Gasteiger partial charge in [0, 0.05) is 18.8 Å². The number of carbonyl (C=O) groups excluding carboxylic acids is 1. The molecule has 9 heteroatoms. The summed E-state index contributed by atoms with van der Waals surface area (Å²) in [7, 11) is -3.51. The number of hydrogen-bond acceptors (Lipinski definition) is 6. The fraction of sp³-hybridized carbons (Fsp3) is 0.409. The quantitative estimate of drug-likeness (QED) is 0.544. The SMILES string of the molecule is C[C@@H](SCc1ccccc1)C(=O)NCCOc1ccc(S(=O)(=O)N2CCOCC2)cc1. The van der Waals surface area contributed by atoms with E-state index < -0.39 is 10.0 Å². The number of morpholine rings is 1. The van der Waals surface area contributed by atoms with E-state index in [4.69, 9.17) is 9.47 Å². The highest BCUT2D eigenvalue weighted by Gasteiger charge is 2.26. The third-order valence-corrected chi connectivity index (χ3v) is 7.94. The van der Waals surface area contributed by atoms with Crippen molar-refractivity contribution in [2.75, 3.05) is 39.5 Å². The Morgan fingerprint density at radius 2 is 1.81 bits per heavy atom. The van der Waals surface area contributed by atoms with Gasteiger partial charge in [-0.25, -0.2) is 8.42 Å². The van der Waals surface area contributed by atoms with E-state index in [0.29, 0.717) is 45.2 Å². The zero-order valence-corrected chi connectivity index (χ0v) is 19.2. The summed E-state index contributed by atoms with van der Waals surface area (Å²) in [6, 6.07) is 16.4. The van der Waals surface area contributed by atoms with Crippen molar-refractivity contribution in [1.29, 1.82) is 0 Å². The predicted molar refractivity (Wildman–Crippen MR) is 122 cm³/mol. The second-order valence-corrected chi connectivity index (χ2v) is 10.3. The van der Waals surface area contributed by atoms with Gasteiger partial charge in [-0.15, -0.1) is 11.8 Å². The van der Waals surface area contributed by atoms with Crippen molar-refractivity contribution in [1.82, 2.24) is 9.62 Å². The summed E-state index contributed by atoms with van der Waals surface area (Å²) in [6.45, 7) is 4.12. The normalized spacial score (nSPS) is 15.9. The van der Waals surface area contributed by atoms with Crippen molar-refractivity contribution in [3.8, 4) is 5.75 Å². The van der Waals surface area contributed by atoms with Crippen LogP contribution in [-0.2, 0) is 25.3 Å². The van der Waals surface area contributed by atoms with Gasteiger partial charge in [-0.05, 0) is 36.8 Å². The minimum Gasteiger partial charge on any atom is -0.492 e. The summed E-state index contributed by atoms with van der Waals surface area (Å²) in [5.41, 5.74) is 1.19. The van der Waals surface area contributed by atoms with Crippen LogP contribution in [0.25, 0.3) is 0 Å². The maximum atomic E-state index is 12.6. The van der Waals surface area contributed by atoms with Crippen LogP contribution in [0.1, 0.15) is 12.5 Å². The molecule has 1 N–H and O–H groups in total. The topological polar surface area (TPSA) is 84.9 Å². The molecule has 1 aliphatic heterocycles. The van der Waals surface area contributed by atoms with Crippen LogP contribution in [0.15, 0.2) is 59.5 Å². The van der Waals surface area contributed by atoms with E-state index in [9.17, 15) is 13.2 Å². The fourth-order valence-electron chi connectivity index (χ4n) is 3.00. The third kappa shape index (κ3) is 6.96. The van der Waals surface area contributed by atoms with Gasteiger partial charge in [0.1, 0.15) is 12.4 Å². The largest absolute Gasteiger partial charge is 0.492 e. The van der Waals surface area contributed by atoms with E-state index in [2.05, 4.69) is 5.32 Å². The zero-order chi connectivity index (χ0) is 22.1. The number of thioether (sulfide) groups is 1. The van der Waals surface area contributed by atoms with Gasteiger partial charge in [0.15, 0.2) is 0 Å². The molecule has 1 atom stereocenters. The number of rotatable bonds is 10. The van der Waals surface area contributed by atoms with E-state index in [1.165, 1.54) is 9.87 Å². The van der Waals surface area contributed by atoms with Crippen LogP contribution in [0.5, 0.6) is 5.75 Å². The van der Waals surface area contributed by atoms with Crippen molar-refractivity contribution in [3.63, 3.8) is 0 Å². The monoisotopic (exact) mass is 464 g/mol. The molecule has 0 unspecified atom stereocenters. The number of amides is 1. The van der Waals surface area contributed by atoms with Gasteiger partial charge < -0.3 is 14.8 Å². The molecule has 0 aromatic heterocycles. The predicted octanol–water partition coefficient (Wildman–Crippen LogP) is 2.52. The number of nitrogens with zero attached hydrogens (tertiary/aromatic N) is 1. The Labute approximate surface area is 188 Å². The highest BCUT2D eigenvalue weighted by atomic mass is 32.2. The minimum atomic E-state index is -3.51. The molecule has 2 aromatic carbocycles. The van der Waals surface area contributed by atoms with Gasteiger partial charge in [-0.3, -0.25) is 4.79 Å². The molecule has 2 aromatic rings. The van der Waals surface area contributed by atoms with Crippen LogP contribution in [0.3, 0.4) is 0 Å². The number of ether oxygens (including phenoxy) is 2. The first-order valence-electron chi connectivity index (χ1n) is 10.2. The molecule has 0 radical (unpaired) electrons. The van der Waals surface area contributed by atoms with Crippen LogP contribution < -0.4 is 10.1 Å². The Morgan fingerprint density at radius 3 is 2.48 bits per heavy atom. The Morgan fingerprint density at radius 1 is 1.13 bits per heavy atom. The molecule has 1 heterocycles. The highest BCUT2D eigenvalue weighted by Crippen LogP contribution is 2.20. The van der Waals surface area contributed by atoms with E-state index in [1.807, 2.05) is 37.3 Å². The fourth-order valence-corrected chi connectivity index (χ4v) is 5.28. The molecule has 1 fully saturated rings. The van der Waals surface area contributed by atoms with Gasteiger partial charge in [0.2, 0.25) is 15.9 Å². The highest BCUT2D eigenvalue weighted by molar-refractivity contribution is 7.99. The molecule has 0 aliphatic carbocycles. The second kappa shape index (κ2) is 11.5. The molecule has 0 spiro atoms. The number of nitrogens with one attached hydrogen (secondary N) is 1. The molecule has 31 heavy (non-hydrogen) atoms. The second-order valence-electron chi connectivity index (χ2n) is 7.07. The Bertz CT molecular complexity index is 930. The number of sulfonamides is 1. The molecule has 1 saturated heterocycles. The minimum absolute atomic E-state index is 0.0310. The summed E-state index contributed by atoms with van der Waals surface area (Å²) in [5.74, 6) is 1.31. The lowest BCUT2D eigenvalue weighted by molar-refractivity contribution is -0.120. The van der Waals surface area contributed by atoms with Crippen molar-refractivity contribution in [2.45, 2.75) is 22.8 Å². The molecule has 3 rings (SSSR count). The smallest absolute Gasteiger partial charge is 0.243 e. The van der Waals surface area contributed by atoms with Gasteiger partial charge in [0.05, 0.1) is 29.9 Å². The molecule has 1 aliphatic rings. The maximum absolute atomic E-state index is 12.6. The summed E-state index contributed by atoms with van der Waals surface area (Å²) >= 11 is 1.59. The zero-order valence-electron chi connectivity index (χ0n) is 17.5. The van der Waals surface area contributed by atoms with Crippen LogP contribution in [0.4, 0.5) is 0 Å². The summed E-state index contributed by atoms with van der Waals surface area (Å²) in [4.78, 5) is 12.4. The number of benzene rings is 2. The molecule has 168 valence electrons. The van der Waals surface area contributed by atoms with Crippen molar-refractivity contribution >= 4 is 27.7 Å². The molecule has 1 amide bonds. The Balaban J connectivity index is 1.39. The maximum Gasteiger partial charge on any atom is 0.243 e. The lowest BCUT2D eigenvalue weighted by Gasteiger charge is -2.26. The van der Waals surface area contributed by atoms with E-state index in [0.717, 1.165) is 5.75 Å². The first-order chi connectivity index (χ1) is 15.0. The van der Waals surface area contributed by atoms with Crippen LogP contribution in [-0.4, -0.2) is 63.3 Å². The van der Waals surface area contributed by atoms with Crippen LogP contribution >= 0.6 is 11.8 Å². The first kappa shape index (κ1) is 23.6. The van der Waals surface area contributed by atoms with E-state index >= 15 is 0 Å². The average molecular weight is 465 g/mol. The van der Waals surface area contributed by atoms with Gasteiger partial charge >= 0.3 is 0 Å². The summed E-state index contributed by atoms with van der Waals surface area (Å²) in [6.07, 6.45) is 0. The number of hydrogen-bond donors (Lipinski definition) is 1. The standard InChI is InChI=1S/C22H28N2O5S2/c1-18(30-17-19-5-3-2-4-6-19)22(25)23-11-14-29-20-7-9-21(10-8-20)31(26,27)24-12-15-28-16-13-24/h2-10,18H,11-17H2,1H3,(H,23,25)/t18-/m1/s1. The lowest BCUT2D eigenvalue weighted by atomic mass is 10.2. The van der Waals surface area contributed by atoms with Crippen molar-refractivity contribution < 1.29 is 22.7 Å². The molecular formula is C22H28N2O5S2. The summed E-state index contributed by atoms with van der Waals surface area (Å²) in [5, 5.41) is 2.71. The van der Waals surface area contributed by atoms with Crippen LogP contribution in [0, 0.1) is 0 Å².